The monoisotopic (exact) mass is 305 g/mol. The third kappa shape index (κ3) is 3.64. The number of nitrogens with one attached hydrogen (secondary N) is 1. The maximum atomic E-state index is 6.15. The number of benzene rings is 1. The van der Waals surface area contributed by atoms with E-state index in [4.69, 9.17) is 16.3 Å². The van der Waals surface area contributed by atoms with Crippen molar-refractivity contribution >= 4 is 17.4 Å². The molecule has 0 radical (unpaired) electrons. The number of anilines is 1. The van der Waals surface area contributed by atoms with Crippen LogP contribution in [0, 0.1) is 6.92 Å². The molecule has 1 aromatic carbocycles. The second-order valence-corrected chi connectivity index (χ2v) is 5.55. The van der Waals surface area contributed by atoms with E-state index in [9.17, 15) is 0 Å². The molecule has 1 N–H and O–H groups in total. The molecule has 0 bridgehead atoms. The Kier molecular flexibility index (Phi) is 5.02. The third-order valence-corrected chi connectivity index (χ3v) is 3.56. The lowest BCUT2D eigenvalue weighted by Crippen LogP contribution is -2.08. The molecule has 2 aromatic rings. The van der Waals surface area contributed by atoms with Crippen molar-refractivity contribution in [3.05, 3.63) is 46.2 Å². The van der Waals surface area contributed by atoms with Gasteiger partial charge in [-0.3, -0.25) is 0 Å². The van der Waals surface area contributed by atoms with Gasteiger partial charge < -0.3 is 10.1 Å². The Morgan fingerprint density at radius 3 is 2.57 bits per heavy atom. The van der Waals surface area contributed by atoms with Gasteiger partial charge in [0, 0.05) is 23.6 Å². The number of ether oxygens (including phenoxy) is 1. The van der Waals surface area contributed by atoms with E-state index in [1.165, 1.54) is 0 Å². The minimum atomic E-state index is 0.236. The van der Waals surface area contributed by atoms with Crippen molar-refractivity contribution in [1.29, 1.82) is 0 Å². The molecule has 0 saturated carbocycles. The van der Waals surface area contributed by atoms with Gasteiger partial charge in [0.05, 0.1) is 5.56 Å². The predicted molar refractivity (Wildman–Crippen MR) is 86.2 cm³/mol. The normalized spacial score (nSPS) is 10.8. The first-order valence-electron chi connectivity index (χ1n) is 6.95. The van der Waals surface area contributed by atoms with Gasteiger partial charge in [-0.2, -0.15) is 4.98 Å². The van der Waals surface area contributed by atoms with Crippen LogP contribution in [-0.2, 0) is 6.61 Å². The van der Waals surface area contributed by atoms with Crippen LogP contribution >= 0.6 is 11.6 Å². The highest BCUT2D eigenvalue weighted by Crippen LogP contribution is 2.26. The summed E-state index contributed by atoms with van der Waals surface area (Å²) in [5, 5.41) is 3.78. The number of hydrogen-bond acceptors (Lipinski definition) is 4. The number of aromatic nitrogens is 2. The smallest absolute Gasteiger partial charge is 0.222 e. The summed E-state index contributed by atoms with van der Waals surface area (Å²) in [6.07, 6.45) is 0. The molecule has 1 aromatic heterocycles. The van der Waals surface area contributed by atoms with Crippen LogP contribution in [0.15, 0.2) is 24.3 Å². The zero-order valence-electron chi connectivity index (χ0n) is 12.8. The first-order valence-corrected chi connectivity index (χ1v) is 7.33. The lowest BCUT2D eigenvalue weighted by atomic mass is 10.2. The molecule has 0 aliphatic carbocycles. The largest absolute Gasteiger partial charge is 0.472 e. The van der Waals surface area contributed by atoms with Gasteiger partial charge in [-0.15, -0.1) is 0 Å². The first kappa shape index (κ1) is 15.6. The zero-order valence-corrected chi connectivity index (χ0v) is 13.5. The van der Waals surface area contributed by atoms with Gasteiger partial charge in [0.15, 0.2) is 0 Å². The Morgan fingerprint density at radius 2 is 1.95 bits per heavy atom. The maximum Gasteiger partial charge on any atom is 0.222 e. The van der Waals surface area contributed by atoms with Crippen molar-refractivity contribution in [2.45, 2.75) is 33.3 Å². The fraction of sp³-hybridized carbons (Fsp3) is 0.375. The number of halogens is 1. The second kappa shape index (κ2) is 6.76. The molecule has 0 amide bonds. The molecular formula is C16H20ClN3O. The molecule has 1 heterocycles. The maximum absolute atomic E-state index is 6.15. The van der Waals surface area contributed by atoms with Gasteiger partial charge in [0.25, 0.3) is 0 Å². The van der Waals surface area contributed by atoms with E-state index in [1.807, 2.05) is 38.2 Å². The van der Waals surface area contributed by atoms with Crippen LogP contribution in [0.25, 0.3) is 0 Å². The van der Waals surface area contributed by atoms with Crippen LogP contribution < -0.4 is 10.1 Å². The Morgan fingerprint density at radius 1 is 1.24 bits per heavy atom. The lowest BCUT2D eigenvalue weighted by molar-refractivity contribution is 0.289. The Bertz CT molecular complexity index is 629. The van der Waals surface area contributed by atoms with Gasteiger partial charge in [-0.1, -0.05) is 43.6 Å². The van der Waals surface area contributed by atoms with Crippen LogP contribution in [0.5, 0.6) is 5.88 Å². The highest BCUT2D eigenvalue weighted by molar-refractivity contribution is 6.31. The average molecular weight is 306 g/mol. The van der Waals surface area contributed by atoms with Gasteiger partial charge in [-0.05, 0) is 13.0 Å². The summed E-state index contributed by atoms with van der Waals surface area (Å²) in [6.45, 7) is 6.44. The molecule has 5 heteroatoms. The summed E-state index contributed by atoms with van der Waals surface area (Å²) >= 11 is 6.15. The van der Waals surface area contributed by atoms with Crippen LogP contribution in [0.4, 0.5) is 5.82 Å². The topological polar surface area (TPSA) is 47.0 Å². The van der Waals surface area contributed by atoms with E-state index in [-0.39, 0.29) is 5.92 Å². The van der Waals surface area contributed by atoms with Crippen LogP contribution in [0.2, 0.25) is 5.02 Å². The van der Waals surface area contributed by atoms with Crippen LogP contribution in [0.3, 0.4) is 0 Å². The number of nitrogens with zero attached hydrogens (tertiary/aromatic N) is 2. The van der Waals surface area contributed by atoms with Gasteiger partial charge in [-0.25, -0.2) is 4.98 Å². The van der Waals surface area contributed by atoms with Crippen molar-refractivity contribution in [1.82, 2.24) is 9.97 Å². The van der Waals surface area contributed by atoms with Crippen molar-refractivity contribution in [3.63, 3.8) is 0 Å². The van der Waals surface area contributed by atoms with E-state index in [2.05, 4.69) is 29.1 Å². The van der Waals surface area contributed by atoms with E-state index < -0.39 is 0 Å². The molecule has 112 valence electrons. The molecule has 21 heavy (non-hydrogen) atoms. The summed E-state index contributed by atoms with van der Waals surface area (Å²) in [4.78, 5) is 9.00. The molecule has 2 rings (SSSR count). The molecule has 0 atom stereocenters. The minimum absolute atomic E-state index is 0.236. The quantitative estimate of drug-likeness (QED) is 0.900. The van der Waals surface area contributed by atoms with Crippen LogP contribution in [-0.4, -0.2) is 17.0 Å². The van der Waals surface area contributed by atoms with E-state index in [1.54, 1.807) is 0 Å². The SMILES string of the molecule is CNc1nc(C(C)C)nc(OCc2ccccc2Cl)c1C. The summed E-state index contributed by atoms with van der Waals surface area (Å²) in [5.74, 6) is 2.39. The summed E-state index contributed by atoms with van der Waals surface area (Å²) in [7, 11) is 1.84. The molecule has 4 nitrogen and oxygen atoms in total. The number of rotatable bonds is 5. The summed E-state index contributed by atoms with van der Waals surface area (Å²) < 4.78 is 5.86. The zero-order chi connectivity index (χ0) is 15.4. The molecule has 0 aliphatic rings. The average Bonchev–Trinajstić information content (AvgIpc) is 2.47. The van der Waals surface area contributed by atoms with Crippen LogP contribution in [0.1, 0.15) is 36.7 Å². The van der Waals surface area contributed by atoms with Crippen molar-refractivity contribution in [2.75, 3.05) is 12.4 Å². The predicted octanol–water partition coefficient (Wildman–Crippen LogP) is 4.18. The highest BCUT2D eigenvalue weighted by atomic mass is 35.5. The fourth-order valence-electron chi connectivity index (χ4n) is 1.92. The van der Waals surface area contributed by atoms with Crippen molar-refractivity contribution < 1.29 is 4.74 Å². The molecule has 0 saturated heterocycles. The fourth-order valence-corrected chi connectivity index (χ4v) is 2.11. The van der Waals surface area contributed by atoms with Gasteiger partial charge in [0.1, 0.15) is 18.2 Å². The molecule has 0 aliphatic heterocycles. The van der Waals surface area contributed by atoms with Crippen molar-refractivity contribution in [2.24, 2.45) is 0 Å². The first-order chi connectivity index (χ1) is 10.0. The molecule has 0 unspecified atom stereocenters. The molecular weight excluding hydrogens is 286 g/mol. The number of hydrogen-bond donors (Lipinski definition) is 1. The highest BCUT2D eigenvalue weighted by Gasteiger charge is 2.14. The lowest BCUT2D eigenvalue weighted by Gasteiger charge is -2.14. The van der Waals surface area contributed by atoms with E-state index >= 15 is 0 Å². The Balaban J connectivity index is 2.27. The van der Waals surface area contributed by atoms with Gasteiger partial charge >= 0.3 is 0 Å². The van der Waals surface area contributed by atoms with Crippen molar-refractivity contribution in [3.8, 4) is 5.88 Å². The summed E-state index contributed by atoms with van der Waals surface area (Å²) in [6, 6.07) is 7.64. The third-order valence-electron chi connectivity index (χ3n) is 3.19. The summed E-state index contributed by atoms with van der Waals surface area (Å²) in [5.41, 5.74) is 1.84. The van der Waals surface area contributed by atoms with Gasteiger partial charge in [0.2, 0.25) is 5.88 Å². The van der Waals surface area contributed by atoms with E-state index in [0.717, 1.165) is 22.8 Å². The minimum Gasteiger partial charge on any atom is -0.472 e. The second-order valence-electron chi connectivity index (χ2n) is 5.15. The van der Waals surface area contributed by atoms with E-state index in [0.29, 0.717) is 17.5 Å². The standard InChI is InChI=1S/C16H20ClN3O/c1-10(2)14-19-15(18-4)11(3)16(20-14)21-9-12-7-5-6-8-13(12)17/h5-8,10H,9H2,1-4H3,(H,18,19,20). The molecule has 0 spiro atoms. The molecule has 0 fully saturated rings. The Labute approximate surface area is 130 Å². The Hall–Kier alpha value is -1.81.